The Morgan fingerprint density at radius 2 is 1.76 bits per heavy atom. The summed E-state index contributed by atoms with van der Waals surface area (Å²) in [5.74, 6) is 0. The first-order valence-corrected chi connectivity index (χ1v) is 5.93. The molecule has 3 heteroatoms. The van der Waals surface area contributed by atoms with E-state index in [4.69, 9.17) is 5.26 Å². The van der Waals surface area contributed by atoms with Gasteiger partial charge in [-0.3, -0.25) is 5.32 Å². The molecule has 0 amide bonds. The number of benzene rings is 1. The van der Waals surface area contributed by atoms with E-state index >= 15 is 0 Å². The Morgan fingerprint density at radius 1 is 1.12 bits per heavy atom. The van der Waals surface area contributed by atoms with E-state index in [-0.39, 0.29) is 5.54 Å². The standard InChI is InChI=1S/C14H15N3/c15-9-12-3-5-13(6-4-12)10-17-14(11-16)7-1-2-8-14/h3-6,17H,1-2,7-8,10H2. The Balaban J connectivity index is 1.98. The molecule has 0 spiro atoms. The van der Waals surface area contributed by atoms with Gasteiger partial charge in [0.25, 0.3) is 0 Å². The fraction of sp³-hybridized carbons (Fsp3) is 0.429. The Kier molecular flexibility index (Phi) is 3.42. The van der Waals surface area contributed by atoms with Crippen LogP contribution >= 0.6 is 0 Å². The molecule has 1 aromatic rings. The summed E-state index contributed by atoms with van der Waals surface area (Å²) in [4.78, 5) is 0. The molecular formula is C14H15N3. The lowest BCUT2D eigenvalue weighted by molar-refractivity contribution is 0.421. The summed E-state index contributed by atoms with van der Waals surface area (Å²) in [6.45, 7) is 0.694. The van der Waals surface area contributed by atoms with Gasteiger partial charge in [0, 0.05) is 6.54 Å². The molecular weight excluding hydrogens is 210 g/mol. The Labute approximate surface area is 102 Å². The van der Waals surface area contributed by atoms with Gasteiger partial charge in [-0.25, -0.2) is 0 Å². The monoisotopic (exact) mass is 225 g/mol. The SMILES string of the molecule is N#Cc1ccc(CNC2(C#N)CCCC2)cc1. The highest BCUT2D eigenvalue weighted by molar-refractivity contribution is 5.31. The Hall–Kier alpha value is -1.84. The molecule has 1 fully saturated rings. The van der Waals surface area contributed by atoms with Crippen molar-refractivity contribution in [3.05, 3.63) is 35.4 Å². The minimum Gasteiger partial charge on any atom is -0.295 e. The molecule has 1 aliphatic carbocycles. The molecule has 0 heterocycles. The van der Waals surface area contributed by atoms with Crippen LogP contribution in [0.1, 0.15) is 36.8 Å². The van der Waals surface area contributed by atoms with Gasteiger partial charge in [-0.1, -0.05) is 25.0 Å². The van der Waals surface area contributed by atoms with Gasteiger partial charge >= 0.3 is 0 Å². The van der Waals surface area contributed by atoms with E-state index in [2.05, 4.69) is 17.5 Å². The van der Waals surface area contributed by atoms with E-state index in [1.807, 2.05) is 24.3 Å². The van der Waals surface area contributed by atoms with Crippen LogP contribution < -0.4 is 5.32 Å². The van der Waals surface area contributed by atoms with Crippen LogP contribution in [0.25, 0.3) is 0 Å². The molecule has 3 nitrogen and oxygen atoms in total. The van der Waals surface area contributed by atoms with Crippen LogP contribution in [0.4, 0.5) is 0 Å². The Morgan fingerprint density at radius 3 is 2.29 bits per heavy atom. The molecule has 0 saturated heterocycles. The van der Waals surface area contributed by atoms with Crippen molar-refractivity contribution in [3.63, 3.8) is 0 Å². The average Bonchev–Trinajstić information content (AvgIpc) is 2.86. The molecule has 0 unspecified atom stereocenters. The molecule has 1 saturated carbocycles. The van der Waals surface area contributed by atoms with Crippen molar-refractivity contribution in [2.45, 2.75) is 37.8 Å². The lowest BCUT2D eigenvalue weighted by Crippen LogP contribution is -2.40. The Bertz CT molecular complexity index is 456. The highest BCUT2D eigenvalue weighted by Gasteiger charge is 2.32. The first-order chi connectivity index (χ1) is 8.28. The maximum Gasteiger partial charge on any atom is 0.107 e. The topological polar surface area (TPSA) is 59.6 Å². The minimum absolute atomic E-state index is 0.325. The van der Waals surface area contributed by atoms with Crippen molar-refractivity contribution < 1.29 is 0 Å². The average molecular weight is 225 g/mol. The summed E-state index contributed by atoms with van der Waals surface area (Å²) in [6.07, 6.45) is 4.15. The highest BCUT2D eigenvalue weighted by Crippen LogP contribution is 2.29. The van der Waals surface area contributed by atoms with Crippen LogP contribution in [-0.2, 0) is 6.54 Å². The van der Waals surface area contributed by atoms with Crippen LogP contribution in [0.3, 0.4) is 0 Å². The van der Waals surface area contributed by atoms with Crippen LogP contribution in [0, 0.1) is 22.7 Å². The van der Waals surface area contributed by atoms with Gasteiger partial charge in [0.2, 0.25) is 0 Å². The van der Waals surface area contributed by atoms with Crippen molar-refractivity contribution in [2.75, 3.05) is 0 Å². The second-order valence-corrected chi connectivity index (χ2v) is 4.56. The van der Waals surface area contributed by atoms with Crippen LogP contribution in [0.2, 0.25) is 0 Å². The highest BCUT2D eigenvalue weighted by atomic mass is 15.0. The van der Waals surface area contributed by atoms with Gasteiger partial charge < -0.3 is 0 Å². The van der Waals surface area contributed by atoms with Crippen molar-refractivity contribution in [1.82, 2.24) is 5.32 Å². The number of rotatable bonds is 3. The molecule has 1 N–H and O–H groups in total. The third-order valence-electron chi connectivity index (χ3n) is 3.39. The van der Waals surface area contributed by atoms with Gasteiger partial charge in [0.15, 0.2) is 0 Å². The van der Waals surface area contributed by atoms with Crippen molar-refractivity contribution in [1.29, 1.82) is 10.5 Å². The van der Waals surface area contributed by atoms with Gasteiger partial charge in [-0.05, 0) is 30.5 Å². The smallest absolute Gasteiger partial charge is 0.107 e. The van der Waals surface area contributed by atoms with Crippen molar-refractivity contribution in [2.24, 2.45) is 0 Å². The minimum atomic E-state index is -0.325. The largest absolute Gasteiger partial charge is 0.295 e. The molecule has 0 bridgehead atoms. The summed E-state index contributed by atoms with van der Waals surface area (Å²) in [5.41, 5.74) is 1.46. The number of hydrogen-bond acceptors (Lipinski definition) is 3. The normalized spacial score (nSPS) is 17.3. The van der Waals surface area contributed by atoms with Gasteiger partial charge in [-0.2, -0.15) is 10.5 Å². The molecule has 2 rings (SSSR count). The molecule has 0 radical (unpaired) electrons. The molecule has 17 heavy (non-hydrogen) atoms. The summed E-state index contributed by atoms with van der Waals surface area (Å²) in [5, 5.41) is 21.3. The third-order valence-corrected chi connectivity index (χ3v) is 3.39. The summed E-state index contributed by atoms with van der Waals surface area (Å²) >= 11 is 0. The summed E-state index contributed by atoms with van der Waals surface area (Å²) < 4.78 is 0. The van der Waals surface area contributed by atoms with Gasteiger partial charge in [-0.15, -0.1) is 0 Å². The molecule has 86 valence electrons. The second kappa shape index (κ2) is 4.99. The van der Waals surface area contributed by atoms with E-state index < -0.39 is 0 Å². The van der Waals surface area contributed by atoms with E-state index in [1.165, 1.54) is 0 Å². The van der Waals surface area contributed by atoms with Gasteiger partial charge in [0.1, 0.15) is 5.54 Å². The lowest BCUT2D eigenvalue weighted by atomic mass is 9.99. The van der Waals surface area contributed by atoms with Crippen LogP contribution in [-0.4, -0.2) is 5.54 Å². The maximum atomic E-state index is 9.22. The molecule has 0 atom stereocenters. The van der Waals surface area contributed by atoms with Crippen LogP contribution in [0.5, 0.6) is 0 Å². The quantitative estimate of drug-likeness (QED) is 0.859. The summed E-state index contributed by atoms with van der Waals surface area (Å²) in [7, 11) is 0. The zero-order valence-electron chi connectivity index (χ0n) is 9.74. The van der Waals surface area contributed by atoms with E-state index in [0.29, 0.717) is 12.1 Å². The number of hydrogen-bond donors (Lipinski definition) is 1. The van der Waals surface area contributed by atoms with Crippen molar-refractivity contribution >= 4 is 0 Å². The van der Waals surface area contributed by atoms with Gasteiger partial charge in [0.05, 0.1) is 17.7 Å². The zero-order valence-corrected chi connectivity index (χ0v) is 9.74. The molecule has 1 aromatic carbocycles. The fourth-order valence-electron chi connectivity index (χ4n) is 2.28. The molecule has 0 aliphatic heterocycles. The first kappa shape index (κ1) is 11.6. The van der Waals surface area contributed by atoms with E-state index in [9.17, 15) is 5.26 Å². The first-order valence-electron chi connectivity index (χ1n) is 5.93. The van der Waals surface area contributed by atoms with E-state index in [0.717, 1.165) is 31.2 Å². The number of nitriles is 2. The predicted octanol–water partition coefficient (Wildman–Crippen LogP) is 2.48. The predicted molar refractivity (Wildman–Crippen MR) is 64.8 cm³/mol. The molecule has 0 aromatic heterocycles. The van der Waals surface area contributed by atoms with E-state index in [1.54, 1.807) is 0 Å². The van der Waals surface area contributed by atoms with Crippen molar-refractivity contribution in [3.8, 4) is 12.1 Å². The number of nitrogens with one attached hydrogen (secondary N) is 1. The second-order valence-electron chi connectivity index (χ2n) is 4.56. The number of nitrogens with zero attached hydrogens (tertiary/aromatic N) is 2. The fourth-order valence-corrected chi connectivity index (χ4v) is 2.28. The maximum absolute atomic E-state index is 9.22. The third kappa shape index (κ3) is 2.64. The van der Waals surface area contributed by atoms with Crippen LogP contribution in [0.15, 0.2) is 24.3 Å². The lowest BCUT2D eigenvalue weighted by Gasteiger charge is -2.22. The zero-order chi connectivity index (χ0) is 12.1. The summed E-state index contributed by atoms with van der Waals surface area (Å²) in [6, 6.07) is 12.0. The molecule has 1 aliphatic rings.